The summed E-state index contributed by atoms with van der Waals surface area (Å²) in [5.41, 5.74) is 0. The number of carbonyl (C=O) groups excluding carboxylic acids is 1. The first-order valence-corrected chi connectivity index (χ1v) is 5.94. The highest BCUT2D eigenvalue weighted by Crippen LogP contribution is 2.25. The molecule has 0 radical (unpaired) electrons. The van der Waals surface area contributed by atoms with Crippen molar-refractivity contribution in [3.63, 3.8) is 0 Å². The minimum atomic E-state index is -0.166. The zero-order chi connectivity index (χ0) is 10.7. The van der Waals surface area contributed by atoms with Gasteiger partial charge in [-0.25, -0.2) is 4.79 Å². The van der Waals surface area contributed by atoms with Crippen molar-refractivity contribution in [2.75, 3.05) is 25.0 Å². The monoisotopic (exact) mass is 245 g/mol. The van der Waals surface area contributed by atoms with Gasteiger partial charge in [-0.1, -0.05) is 11.6 Å². The van der Waals surface area contributed by atoms with E-state index in [1.807, 2.05) is 0 Å². The van der Waals surface area contributed by atoms with E-state index in [2.05, 4.69) is 16.0 Å². The summed E-state index contributed by atoms with van der Waals surface area (Å²) in [6.07, 6.45) is 0. The maximum Gasteiger partial charge on any atom is 0.319 e. The molecule has 0 spiro atoms. The number of nitrogens with one attached hydrogen (secondary N) is 3. The normalized spacial score (nSPS) is 15.8. The lowest BCUT2D eigenvalue weighted by atomic mass is 10.0. The highest BCUT2D eigenvalue weighted by Gasteiger charge is 2.17. The molecule has 6 heteroatoms. The predicted molar refractivity (Wildman–Crippen MR) is 62.7 cm³/mol. The van der Waals surface area contributed by atoms with Crippen LogP contribution in [0.3, 0.4) is 0 Å². The third kappa shape index (κ3) is 3.09. The Kier molecular flexibility index (Phi) is 3.45. The van der Waals surface area contributed by atoms with Crippen molar-refractivity contribution >= 4 is 34.0 Å². The molecule has 2 amide bonds. The van der Waals surface area contributed by atoms with Crippen LogP contribution in [0.2, 0.25) is 4.34 Å². The van der Waals surface area contributed by atoms with E-state index in [0.717, 1.165) is 24.6 Å². The summed E-state index contributed by atoms with van der Waals surface area (Å²) in [6, 6.07) is 3.38. The molecule has 2 heterocycles. The van der Waals surface area contributed by atoms with Crippen LogP contribution < -0.4 is 16.0 Å². The number of hydrogen-bond acceptors (Lipinski definition) is 3. The SMILES string of the molecule is O=C(NCC1CNC1)Nc1ccc(Cl)s1. The lowest BCUT2D eigenvalue weighted by molar-refractivity contribution is 0.246. The second kappa shape index (κ2) is 4.83. The Bertz CT molecular complexity index is 351. The van der Waals surface area contributed by atoms with Gasteiger partial charge in [0.25, 0.3) is 0 Å². The van der Waals surface area contributed by atoms with Gasteiger partial charge in [0.2, 0.25) is 0 Å². The lowest BCUT2D eigenvalue weighted by Gasteiger charge is -2.26. The highest BCUT2D eigenvalue weighted by molar-refractivity contribution is 7.20. The van der Waals surface area contributed by atoms with Gasteiger partial charge in [0, 0.05) is 25.6 Å². The van der Waals surface area contributed by atoms with Crippen LogP contribution >= 0.6 is 22.9 Å². The van der Waals surface area contributed by atoms with Crippen molar-refractivity contribution in [3.05, 3.63) is 16.5 Å². The Morgan fingerprint density at radius 3 is 2.93 bits per heavy atom. The van der Waals surface area contributed by atoms with Crippen molar-refractivity contribution in [1.29, 1.82) is 0 Å². The summed E-state index contributed by atoms with van der Waals surface area (Å²) in [5, 5.41) is 9.46. The minimum Gasteiger partial charge on any atom is -0.337 e. The van der Waals surface area contributed by atoms with Crippen molar-refractivity contribution in [1.82, 2.24) is 10.6 Å². The molecule has 2 rings (SSSR count). The van der Waals surface area contributed by atoms with E-state index in [9.17, 15) is 4.79 Å². The largest absolute Gasteiger partial charge is 0.337 e. The fourth-order valence-electron chi connectivity index (χ4n) is 1.27. The summed E-state index contributed by atoms with van der Waals surface area (Å²) < 4.78 is 0.675. The van der Waals surface area contributed by atoms with E-state index < -0.39 is 0 Å². The molecule has 82 valence electrons. The van der Waals surface area contributed by atoms with Crippen LogP contribution in [0.1, 0.15) is 0 Å². The molecule has 0 aliphatic carbocycles. The van der Waals surface area contributed by atoms with Gasteiger partial charge in [-0.15, -0.1) is 11.3 Å². The maximum absolute atomic E-state index is 11.4. The number of thiophene rings is 1. The lowest BCUT2D eigenvalue weighted by Crippen LogP contribution is -2.48. The van der Waals surface area contributed by atoms with E-state index in [-0.39, 0.29) is 6.03 Å². The van der Waals surface area contributed by atoms with Gasteiger partial charge in [0.1, 0.15) is 0 Å². The van der Waals surface area contributed by atoms with E-state index in [1.165, 1.54) is 11.3 Å². The molecule has 0 bridgehead atoms. The quantitative estimate of drug-likeness (QED) is 0.760. The zero-order valence-corrected chi connectivity index (χ0v) is 9.62. The summed E-state index contributed by atoms with van der Waals surface area (Å²) in [5.74, 6) is 0.572. The molecule has 3 N–H and O–H groups in total. The fraction of sp³-hybridized carbons (Fsp3) is 0.444. The molecule has 0 aromatic carbocycles. The first kappa shape index (κ1) is 10.7. The number of rotatable bonds is 3. The highest BCUT2D eigenvalue weighted by atomic mass is 35.5. The molecule has 1 aliphatic heterocycles. The molecule has 1 aromatic heterocycles. The predicted octanol–water partition coefficient (Wildman–Crippen LogP) is 1.74. The molecule has 0 unspecified atom stereocenters. The number of urea groups is 1. The first-order chi connectivity index (χ1) is 7.24. The van der Waals surface area contributed by atoms with E-state index >= 15 is 0 Å². The van der Waals surface area contributed by atoms with Crippen LogP contribution in [-0.4, -0.2) is 25.7 Å². The standard InChI is InChI=1S/C9H12ClN3OS/c10-7-1-2-8(15-7)13-9(14)12-5-6-3-11-4-6/h1-2,6,11H,3-5H2,(H2,12,13,14). The summed E-state index contributed by atoms with van der Waals surface area (Å²) in [7, 11) is 0. The number of amides is 2. The molecule has 1 saturated heterocycles. The Morgan fingerprint density at radius 1 is 1.60 bits per heavy atom. The number of halogens is 1. The van der Waals surface area contributed by atoms with Crippen LogP contribution in [0, 0.1) is 5.92 Å². The Labute approximate surface area is 97.0 Å². The van der Waals surface area contributed by atoms with E-state index in [4.69, 9.17) is 11.6 Å². The van der Waals surface area contributed by atoms with Crippen molar-refractivity contribution in [3.8, 4) is 0 Å². The fourth-order valence-corrected chi connectivity index (χ4v) is 2.21. The molecule has 1 fully saturated rings. The summed E-state index contributed by atoms with van der Waals surface area (Å²) in [4.78, 5) is 11.4. The molecule has 4 nitrogen and oxygen atoms in total. The van der Waals surface area contributed by atoms with Crippen LogP contribution in [0.5, 0.6) is 0 Å². The second-order valence-corrected chi connectivity index (χ2v) is 5.18. The van der Waals surface area contributed by atoms with Gasteiger partial charge in [0.15, 0.2) is 0 Å². The summed E-state index contributed by atoms with van der Waals surface area (Å²) >= 11 is 7.09. The van der Waals surface area contributed by atoms with E-state index in [0.29, 0.717) is 10.3 Å². The molecule has 15 heavy (non-hydrogen) atoms. The molecule has 0 atom stereocenters. The van der Waals surface area contributed by atoms with Crippen LogP contribution in [0.4, 0.5) is 9.80 Å². The van der Waals surface area contributed by atoms with Crippen molar-refractivity contribution < 1.29 is 4.79 Å². The maximum atomic E-state index is 11.4. The second-order valence-electron chi connectivity index (χ2n) is 3.46. The molecular weight excluding hydrogens is 234 g/mol. The first-order valence-electron chi connectivity index (χ1n) is 4.75. The van der Waals surface area contributed by atoms with Gasteiger partial charge in [-0.05, 0) is 12.1 Å². The molecule has 1 aromatic rings. The average Bonchev–Trinajstić information content (AvgIpc) is 2.48. The Balaban J connectivity index is 1.71. The van der Waals surface area contributed by atoms with E-state index in [1.54, 1.807) is 12.1 Å². The zero-order valence-electron chi connectivity index (χ0n) is 8.05. The topological polar surface area (TPSA) is 53.2 Å². The Morgan fingerprint density at radius 2 is 2.40 bits per heavy atom. The summed E-state index contributed by atoms with van der Waals surface area (Å²) in [6.45, 7) is 2.70. The minimum absolute atomic E-state index is 0.166. The third-order valence-electron chi connectivity index (χ3n) is 2.23. The van der Waals surface area contributed by atoms with Gasteiger partial charge >= 0.3 is 6.03 Å². The van der Waals surface area contributed by atoms with Gasteiger partial charge in [-0.2, -0.15) is 0 Å². The Hall–Kier alpha value is -0.780. The average molecular weight is 246 g/mol. The van der Waals surface area contributed by atoms with Crippen molar-refractivity contribution in [2.45, 2.75) is 0 Å². The molecular formula is C9H12ClN3OS. The van der Waals surface area contributed by atoms with Crippen molar-refractivity contribution in [2.24, 2.45) is 5.92 Å². The van der Waals surface area contributed by atoms with Crippen LogP contribution in [-0.2, 0) is 0 Å². The molecule has 0 saturated carbocycles. The van der Waals surface area contributed by atoms with Gasteiger partial charge < -0.3 is 10.6 Å². The van der Waals surface area contributed by atoms with Crippen LogP contribution in [0.25, 0.3) is 0 Å². The number of carbonyl (C=O) groups is 1. The number of hydrogen-bond donors (Lipinski definition) is 3. The third-order valence-corrected chi connectivity index (χ3v) is 3.37. The smallest absolute Gasteiger partial charge is 0.319 e. The van der Waals surface area contributed by atoms with Gasteiger partial charge in [-0.3, -0.25) is 5.32 Å². The number of anilines is 1. The van der Waals surface area contributed by atoms with Crippen LogP contribution in [0.15, 0.2) is 12.1 Å². The molecule has 1 aliphatic rings. The van der Waals surface area contributed by atoms with Gasteiger partial charge in [0.05, 0.1) is 9.34 Å².